The van der Waals surface area contributed by atoms with Crippen LogP contribution in [0.1, 0.15) is 26.7 Å². The minimum atomic E-state index is 0.408. The Morgan fingerprint density at radius 2 is 2.27 bits per heavy atom. The third-order valence-corrected chi connectivity index (χ3v) is 2.56. The zero-order valence-corrected chi connectivity index (χ0v) is 7.39. The number of carbonyl (C=O) groups is 1. The molecule has 0 amide bonds. The maximum atomic E-state index is 11.1. The van der Waals surface area contributed by atoms with Crippen LogP contribution in [0.5, 0.6) is 0 Å². The van der Waals surface area contributed by atoms with E-state index in [4.69, 9.17) is 0 Å². The average molecular weight is 155 g/mol. The van der Waals surface area contributed by atoms with Crippen molar-refractivity contribution in [1.29, 1.82) is 0 Å². The summed E-state index contributed by atoms with van der Waals surface area (Å²) >= 11 is 0. The van der Waals surface area contributed by atoms with Crippen molar-refractivity contribution in [1.82, 2.24) is 5.32 Å². The molecule has 2 nitrogen and oxygen atoms in total. The number of Topliss-reactive ketones (excluding diaryl/α,β-unsaturated/α-hetero) is 1. The lowest BCUT2D eigenvalue weighted by Gasteiger charge is -2.11. The molecule has 0 spiro atoms. The third-order valence-electron chi connectivity index (χ3n) is 2.56. The van der Waals surface area contributed by atoms with E-state index in [0.717, 1.165) is 19.5 Å². The van der Waals surface area contributed by atoms with Gasteiger partial charge in [-0.05, 0) is 24.9 Å². The van der Waals surface area contributed by atoms with Crippen molar-refractivity contribution >= 4 is 5.78 Å². The molecule has 0 aliphatic carbocycles. The van der Waals surface area contributed by atoms with E-state index in [1.54, 1.807) is 0 Å². The van der Waals surface area contributed by atoms with Crippen LogP contribution in [0.2, 0.25) is 0 Å². The standard InChI is InChI=1S/C9H17NO/c1-3-9(11)4-8-6-10-5-7(8)2/h7-8,10H,3-6H2,1-2H3. The van der Waals surface area contributed by atoms with Gasteiger partial charge in [-0.15, -0.1) is 0 Å². The summed E-state index contributed by atoms with van der Waals surface area (Å²) in [5.74, 6) is 1.69. The molecule has 0 bridgehead atoms. The second-order valence-corrected chi connectivity index (χ2v) is 3.49. The van der Waals surface area contributed by atoms with Gasteiger partial charge in [0.05, 0.1) is 0 Å². The molecule has 2 atom stereocenters. The summed E-state index contributed by atoms with van der Waals surface area (Å²) in [5, 5.41) is 3.30. The van der Waals surface area contributed by atoms with Gasteiger partial charge in [0.1, 0.15) is 5.78 Å². The number of nitrogens with one attached hydrogen (secondary N) is 1. The molecule has 64 valence electrons. The van der Waals surface area contributed by atoms with Gasteiger partial charge in [-0.1, -0.05) is 13.8 Å². The fraction of sp³-hybridized carbons (Fsp3) is 0.889. The molecule has 0 aromatic rings. The Morgan fingerprint density at radius 1 is 1.55 bits per heavy atom. The highest BCUT2D eigenvalue weighted by Crippen LogP contribution is 2.19. The first kappa shape index (κ1) is 8.72. The van der Waals surface area contributed by atoms with Gasteiger partial charge in [0, 0.05) is 12.8 Å². The summed E-state index contributed by atoms with van der Waals surface area (Å²) in [4.78, 5) is 11.1. The van der Waals surface area contributed by atoms with E-state index in [9.17, 15) is 4.79 Å². The van der Waals surface area contributed by atoms with Gasteiger partial charge in [0.15, 0.2) is 0 Å². The Hall–Kier alpha value is -0.370. The summed E-state index contributed by atoms with van der Waals surface area (Å²) in [6, 6.07) is 0. The summed E-state index contributed by atoms with van der Waals surface area (Å²) in [6.07, 6.45) is 1.48. The van der Waals surface area contributed by atoms with Gasteiger partial charge in [0.25, 0.3) is 0 Å². The Bertz CT molecular complexity index is 144. The smallest absolute Gasteiger partial charge is 0.132 e. The topological polar surface area (TPSA) is 29.1 Å². The minimum Gasteiger partial charge on any atom is -0.316 e. The lowest BCUT2D eigenvalue weighted by molar-refractivity contribution is -0.119. The second kappa shape index (κ2) is 3.86. The molecule has 1 fully saturated rings. The highest BCUT2D eigenvalue weighted by atomic mass is 16.1. The van der Waals surface area contributed by atoms with Crippen molar-refractivity contribution in [3.8, 4) is 0 Å². The summed E-state index contributed by atoms with van der Waals surface area (Å²) in [5.41, 5.74) is 0. The zero-order valence-electron chi connectivity index (χ0n) is 7.39. The van der Waals surface area contributed by atoms with Gasteiger partial charge < -0.3 is 5.32 Å². The van der Waals surface area contributed by atoms with Crippen LogP contribution in [-0.4, -0.2) is 18.9 Å². The highest BCUT2D eigenvalue weighted by Gasteiger charge is 2.24. The molecule has 1 aliphatic heterocycles. The quantitative estimate of drug-likeness (QED) is 0.663. The van der Waals surface area contributed by atoms with Crippen LogP contribution >= 0.6 is 0 Å². The summed E-state index contributed by atoms with van der Waals surface area (Å²) < 4.78 is 0. The lowest BCUT2D eigenvalue weighted by Crippen LogP contribution is -2.14. The van der Waals surface area contributed by atoms with E-state index in [1.165, 1.54) is 0 Å². The molecule has 0 saturated carbocycles. The number of rotatable bonds is 3. The SMILES string of the molecule is CCC(=O)CC1CNCC1C. The fourth-order valence-electron chi connectivity index (χ4n) is 1.57. The number of hydrogen-bond donors (Lipinski definition) is 1. The average Bonchev–Trinajstić information content (AvgIpc) is 2.37. The van der Waals surface area contributed by atoms with Crippen LogP contribution in [0.15, 0.2) is 0 Å². The van der Waals surface area contributed by atoms with Gasteiger partial charge >= 0.3 is 0 Å². The Balaban J connectivity index is 2.30. The van der Waals surface area contributed by atoms with Gasteiger partial charge in [-0.3, -0.25) is 4.79 Å². The van der Waals surface area contributed by atoms with E-state index in [2.05, 4.69) is 12.2 Å². The lowest BCUT2D eigenvalue weighted by atomic mass is 9.92. The van der Waals surface area contributed by atoms with Crippen molar-refractivity contribution in [2.75, 3.05) is 13.1 Å². The summed E-state index contributed by atoms with van der Waals surface area (Å²) in [6.45, 7) is 6.28. The van der Waals surface area contributed by atoms with E-state index in [1.807, 2.05) is 6.92 Å². The Kier molecular flexibility index (Phi) is 3.06. The molecule has 0 aromatic carbocycles. The van der Waals surface area contributed by atoms with Gasteiger partial charge in [0.2, 0.25) is 0 Å². The Labute approximate surface area is 68.4 Å². The van der Waals surface area contributed by atoms with Crippen LogP contribution < -0.4 is 5.32 Å². The number of hydrogen-bond acceptors (Lipinski definition) is 2. The van der Waals surface area contributed by atoms with Crippen molar-refractivity contribution < 1.29 is 4.79 Å². The molecule has 1 aliphatic rings. The first-order valence-corrected chi connectivity index (χ1v) is 4.46. The van der Waals surface area contributed by atoms with Gasteiger partial charge in [-0.2, -0.15) is 0 Å². The molecule has 0 aromatic heterocycles. The molecular weight excluding hydrogens is 138 g/mol. The van der Waals surface area contributed by atoms with Crippen LogP contribution in [0.3, 0.4) is 0 Å². The highest BCUT2D eigenvalue weighted by molar-refractivity contribution is 5.78. The van der Waals surface area contributed by atoms with E-state index in [0.29, 0.717) is 24.0 Å². The Morgan fingerprint density at radius 3 is 2.73 bits per heavy atom. The van der Waals surface area contributed by atoms with Crippen LogP contribution in [0, 0.1) is 11.8 Å². The largest absolute Gasteiger partial charge is 0.316 e. The predicted octanol–water partition coefficient (Wildman–Crippen LogP) is 1.21. The van der Waals surface area contributed by atoms with E-state index >= 15 is 0 Å². The molecule has 1 saturated heterocycles. The number of carbonyl (C=O) groups excluding carboxylic acids is 1. The van der Waals surface area contributed by atoms with Crippen LogP contribution in [0.4, 0.5) is 0 Å². The monoisotopic (exact) mass is 155 g/mol. The maximum absolute atomic E-state index is 11.1. The predicted molar refractivity (Wildman–Crippen MR) is 45.4 cm³/mol. The first-order chi connectivity index (χ1) is 5.24. The maximum Gasteiger partial charge on any atom is 0.132 e. The van der Waals surface area contributed by atoms with Crippen molar-refractivity contribution in [3.05, 3.63) is 0 Å². The van der Waals surface area contributed by atoms with Crippen molar-refractivity contribution in [3.63, 3.8) is 0 Å². The van der Waals surface area contributed by atoms with Gasteiger partial charge in [-0.25, -0.2) is 0 Å². The molecule has 11 heavy (non-hydrogen) atoms. The fourth-order valence-corrected chi connectivity index (χ4v) is 1.57. The normalized spacial score (nSPS) is 30.7. The molecular formula is C9H17NO. The summed E-state index contributed by atoms with van der Waals surface area (Å²) in [7, 11) is 0. The first-order valence-electron chi connectivity index (χ1n) is 4.46. The zero-order chi connectivity index (χ0) is 8.27. The van der Waals surface area contributed by atoms with Crippen molar-refractivity contribution in [2.45, 2.75) is 26.7 Å². The molecule has 1 rings (SSSR count). The van der Waals surface area contributed by atoms with E-state index in [-0.39, 0.29) is 0 Å². The van der Waals surface area contributed by atoms with E-state index < -0.39 is 0 Å². The van der Waals surface area contributed by atoms with Crippen LogP contribution in [0.25, 0.3) is 0 Å². The molecule has 2 heteroatoms. The minimum absolute atomic E-state index is 0.408. The van der Waals surface area contributed by atoms with Crippen LogP contribution in [-0.2, 0) is 4.79 Å². The third kappa shape index (κ3) is 2.29. The molecule has 1 N–H and O–H groups in total. The molecule has 2 unspecified atom stereocenters. The van der Waals surface area contributed by atoms with Crippen molar-refractivity contribution in [2.24, 2.45) is 11.8 Å². The number of ketones is 1. The second-order valence-electron chi connectivity index (χ2n) is 3.49. The molecule has 1 heterocycles. The molecule has 0 radical (unpaired) electrons.